The zero-order valence-electron chi connectivity index (χ0n) is 24.2. The van der Waals surface area contributed by atoms with Crippen molar-refractivity contribution in [3.8, 4) is 11.8 Å². The molecule has 4 rings (SSSR count). The third kappa shape index (κ3) is 7.84. The van der Waals surface area contributed by atoms with Crippen molar-refractivity contribution in [2.45, 2.75) is 52.6 Å². The molecule has 0 amide bonds. The molecule has 1 saturated heterocycles. The van der Waals surface area contributed by atoms with Crippen LogP contribution in [0.3, 0.4) is 0 Å². The van der Waals surface area contributed by atoms with Gasteiger partial charge in [-0.15, -0.1) is 5.10 Å². The van der Waals surface area contributed by atoms with Gasteiger partial charge >= 0.3 is 23.9 Å². The molecule has 2 heterocycles. The van der Waals surface area contributed by atoms with Crippen LogP contribution in [0, 0.1) is 25.7 Å². The van der Waals surface area contributed by atoms with Crippen LogP contribution in [-0.4, -0.2) is 70.9 Å². The number of aromatic nitrogens is 3. The largest absolute Gasteiger partial charge is 0.461 e. The van der Waals surface area contributed by atoms with Gasteiger partial charge in [-0.1, -0.05) is 40.6 Å². The number of nitrogens with zero attached hydrogens (tertiary/aromatic N) is 3. The van der Waals surface area contributed by atoms with E-state index in [4.69, 9.17) is 23.7 Å². The van der Waals surface area contributed by atoms with E-state index < -0.39 is 42.3 Å². The van der Waals surface area contributed by atoms with Crippen molar-refractivity contribution in [1.82, 2.24) is 15.0 Å². The summed E-state index contributed by atoms with van der Waals surface area (Å²) in [7, 11) is 0. The molecular formula is C31H31N3O9. The number of hydrogen-bond acceptors (Lipinski definition) is 11. The van der Waals surface area contributed by atoms with E-state index in [-0.39, 0.29) is 37.6 Å². The molecule has 0 spiro atoms. The molecule has 0 bridgehead atoms. The van der Waals surface area contributed by atoms with Crippen LogP contribution in [0.25, 0.3) is 0 Å². The van der Waals surface area contributed by atoms with Gasteiger partial charge in [-0.25, -0.2) is 23.9 Å². The Hall–Kier alpha value is -5.02. The molecule has 12 heteroatoms. The van der Waals surface area contributed by atoms with Crippen LogP contribution in [0.1, 0.15) is 74.5 Å². The highest BCUT2D eigenvalue weighted by Crippen LogP contribution is 2.33. The van der Waals surface area contributed by atoms with Crippen LogP contribution >= 0.6 is 0 Å². The maximum absolute atomic E-state index is 13.0. The topological polar surface area (TPSA) is 145 Å². The Morgan fingerprint density at radius 1 is 0.860 bits per heavy atom. The van der Waals surface area contributed by atoms with E-state index in [1.165, 1.54) is 4.68 Å². The van der Waals surface area contributed by atoms with E-state index in [2.05, 4.69) is 22.2 Å². The first kappa shape index (κ1) is 30.9. The summed E-state index contributed by atoms with van der Waals surface area (Å²) in [4.78, 5) is 50.2. The van der Waals surface area contributed by atoms with Gasteiger partial charge < -0.3 is 23.7 Å². The lowest BCUT2D eigenvalue weighted by Gasteiger charge is -2.19. The van der Waals surface area contributed by atoms with Crippen LogP contribution in [0.5, 0.6) is 0 Å². The molecule has 224 valence electrons. The molecule has 0 aliphatic carbocycles. The van der Waals surface area contributed by atoms with Gasteiger partial charge in [-0.3, -0.25) is 0 Å². The summed E-state index contributed by atoms with van der Waals surface area (Å²) in [5, 5.41) is 7.93. The Kier molecular flexibility index (Phi) is 10.2. The number of hydrogen-bond donors (Lipinski definition) is 0. The number of ether oxygens (including phenoxy) is 5. The normalized spacial score (nSPS) is 17.3. The maximum Gasteiger partial charge on any atom is 0.384 e. The summed E-state index contributed by atoms with van der Waals surface area (Å²) >= 11 is 0. The van der Waals surface area contributed by atoms with E-state index >= 15 is 0 Å². The lowest BCUT2D eigenvalue weighted by atomic mass is 10.1. The number of benzene rings is 2. The second-order valence-corrected chi connectivity index (χ2v) is 9.56. The predicted octanol–water partition coefficient (Wildman–Crippen LogP) is 3.36. The Morgan fingerprint density at radius 2 is 1.47 bits per heavy atom. The lowest BCUT2D eigenvalue weighted by molar-refractivity contribution is -0.136. The summed E-state index contributed by atoms with van der Waals surface area (Å²) in [6, 6.07) is 13.7. The zero-order chi connectivity index (χ0) is 30.9. The van der Waals surface area contributed by atoms with Crippen LogP contribution in [0.2, 0.25) is 0 Å². The zero-order valence-corrected chi connectivity index (χ0v) is 24.2. The number of carbonyl (C=O) groups excluding carboxylic acids is 4. The van der Waals surface area contributed by atoms with Crippen molar-refractivity contribution in [1.29, 1.82) is 0 Å². The van der Waals surface area contributed by atoms with Gasteiger partial charge in [0.2, 0.25) is 5.69 Å². The van der Waals surface area contributed by atoms with Crippen LogP contribution in [0.4, 0.5) is 0 Å². The average Bonchev–Trinajstić information content (AvgIpc) is 3.59. The maximum atomic E-state index is 13.0. The highest BCUT2D eigenvalue weighted by Gasteiger charge is 2.42. The number of aryl methyl sites for hydroxylation is 2. The Morgan fingerprint density at radius 3 is 2.07 bits per heavy atom. The van der Waals surface area contributed by atoms with Crippen LogP contribution < -0.4 is 0 Å². The summed E-state index contributed by atoms with van der Waals surface area (Å²) in [6.07, 6.45) is -2.70. The van der Waals surface area contributed by atoms with E-state index in [0.29, 0.717) is 11.1 Å². The summed E-state index contributed by atoms with van der Waals surface area (Å²) in [5.41, 5.74) is 2.35. The molecule has 3 atom stereocenters. The van der Waals surface area contributed by atoms with Crippen LogP contribution in [0.15, 0.2) is 48.5 Å². The fourth-order valence-corrected chi connectivity index (χ4v) is 4.18. The van der Waals surface area contributed by atoms with Crippen molar-refractivity contribution in [3.05, 3.63) is 82.2 Å². The Balaban J connectivity index is 1.61. The van der Waals surface area contributed by atoms with Gasteiger partial charge in [0, 0.05) is 12.3 Å². The molecule has 0 N–H and O–H groups in total. The molecule has 2 aromatic carbocycles. The highest BCUT2D eigenvalue weighted by atomic mass is 16.6. The molecule has 1 aromatic heterocycles. The van der Waals surface area contributed by atoms with Crippen molar-refractivity contribution >= 4 is 23.9 Å². The van der Waals surface area contributed by atoms with E-state index in [1.54, 1.807) is 62.4 Å². The van der Waals surface area contributed by atoms with Crippen LogP contribution in [-0.2, 0) is 28.5 Å². The molecule has 0 saturated carbocycles. The average molecular weight is 590 g/mol. The van der Waals surface area contributed by atoms with Gasteiger partial charge in [-0.2, -0.15) is 0 Å². The summed E-state index contributed by atoms with van der Waals surface area (Å²) < 4.78 is 28.6. The Bertz CT molecular complexity index is 1540. The molecule has 12 nitrogen and oxygen atoms in total. The molecule has 1 aliphatic rings. The van der Waals surface area contributed by atoms with Gasteiger partial charge in [0.15, 0.2) is 6.23 Å². The van der Waals surface area contributed by atoms with E-state index in [1.807, 2.05) is 13.8 Å². The molecule has 1 fully saturated rings. The number of esters is 4. The second-order valence-electron chi connectivity index (χ2n) is 9.56. The minimum atomic E-state index is -0.957. The quantitative estimate of drug-likeness (QED) is 0.206. The molecule has 1 aliphatic heterocycles. The van der Waals surface area contributed by atoms with Gasteiger partial charge in [0.25, 0.3) is 0 Å². The van der Waals surface area contributed by atoms with E-state index in [0.717, 1.165) is 11.1 Å². The fraction of sp³-hybridized carbons (Fsp3) is 0.355. The molecular weight excluding hydrogens is 558 g/mol. The summed E-state index contributed by atoms with van der Waals surface area (Å²) in [5.74, 6) is 2.08. The standard InChI is InChI=1S/C31H31N3O9/c1-5-39-27(35)16-15-23-28(31(38)40-6-2)32-33-34(23)26-17-24(43-30(37)22-13-9-20(4)10-14-22)25(42-26)18-41-29(36)21-11-7-19(3)8-12-21/h7-14,24-26H,5-6,17-18H2,1-4H3/t24-,25+,26+/m0/s1. The second kappa shape index (κ2) is 14.2. The number of carbonyl (C=O) groups is 4. The van der Waals surface area contributed by atoms with Gasteiger partial charge in [0.05, 0.1) is 24.3 Å². The van der Waals surface area contributed by atoms with Crippen molar-refractivity contribution in [3.63, 3.8) is 0 Å². The first-order chi connectivity index (χ1) is 20.7. The van der Waals surface area contributed by atoms with Gasteiger partial charge in [-0.05, 0) is 57.9 Å². The van der Waals surface area contributed by atoms with Crippen molar-refractivity contribution in [2.75, 3.05) is 19.8 Å². The monoisotopic (exact) mass is 589 g/mol. The van der Waals surface area contributed by atoms with Crippen molar-refractivity contribution < 1.29 is 42.9 Å². The molecule has 0 unspecified atom stereocenters. The first-order valence-electron chi connectivity index (χ1n) is 13.7. The fourth-order valence-electron chi connectivity index (χ4n) is 4.18. The lowest BCUT2D eigenvalue weighted by Crippen LogP contribution is -2.32. The summed E-state index contributed by atoms with van der Waals surface area (Å²) in [6.45, 7) is 6.98. The third-order valence-electron chi connectivity index (χ3n) is 6.39. The SMILES string of the molecule is CCOC(=O)C#Cc1c(C(=O)OCC)nnn1[C@H]1C[C@H](OC(=O)c2ccc(C)cc2)[C@@H](COC(=O)c2ccc(C)cc2)O1. The molecule has 3 aromatic rings. The van der Waals surface area contributed by atoms with E-state index in [9.17, 15) is 19.2 Å². The Labute approximate surface area is 248 Å². The molecule has 43 heavy (non-hydrogen) atoms. The predicted molar refractivity (Wildman–Crippen MR) is 150 cm³/mol. The highest BCUT2D eigenvalue weighted by molar-refractivity contribution is 5.92. The minimum absolute atomic E-state index is 0.0457. The van der Waals surface area contributed by atoms with Crippen molar-refractivity contribution in [2.24, 2.45) is 0 Å². The first-order valence-corrected chi connectivity index (χ1v) is 13.7. The molecule has 0 radical (unpaired) electrons. The minimum Gasteiger partial charge on any atom is -0.461 e. The third-order valence-corrected chi connectivity index (χ3v) is 6.39. The van der Waals surface area contributed by atoms with Gasteiger partial charge in [0.1, 0.15) is 24.5 Å². The number of rotatable bonds is 9. The smallest absolute Gasteiger partial charge is 0.384 e.